The molecule has 1 fully saturated rings. The lowest BCUT2D eigenvalue weighted by atomic mass is 9.88. The van der Waals surface area contributed by atoms with Crippen LogP contribution in [0.3, 0.4) is 0 Å². The third kappa shape index (κ3) is 2.62. The van der Waals surface area contributed by atoms with Crippen molar-refractivity contribution in [2.75, 3.05) is 25.1 Å². The number of para-hydroxylation sites is 1. The van der Waals surface area contributed by atoms with Gasteiger partial charge in [0, 0.05) is 31.2 Å². The van der Waals surface area contributed by atoms with Crippen molar-refractivity contribution in [3.8, 4) is 5.75 Å². The van der Waals surface area contributed by atoms with Crippen molar-refractivity contribution in [2.45, 2.75) is 18.8 Å². The highest BCUT2D eigenvalue weighted by Gasteiger charge is 2.22. The quantitative estimate of drug-likeness (QED) is 0.852. The molecule has 1 aromatic carbocycles. The Labute approximate surface area is 120 Å². The summed E-state index contributed by atoms with van der Waals surface area (Å²) in [7, 11) is 1.75. The van der Waals surface area contributed by atoms with E-state index in [-0.39, 0.29) is 0 Å². The van der Waals surface area contributed by atoms with Gasteiger partial charge in [-0.1, -0.05) is 18.2 Å². The second-order valence-corrected chi connectivity index (χ2v) is 5.21. The lowest BCUT2D eigenvalue weighted by Crippen LogP contribution is -2.32. The van der Waals surface area contributed by atoms with Gasteiger partial charge in [-0.3, -0.25) is 4.98 Å². The van der Waals surface area contributed by atoms with Crippen LogP contribution in [-0.2, 0) is 0 Å². The maximum atomic E-state index is 5.49. The minimum absolute atomic E-state index is 0.601. The molecule has 0 unspecified atom stereocenters. The molecule has 1 aromatic heterocycles. The minimum Gasteiger partial charge on any atom is -0.496 e. The zero-order valence-electron chi connectivity index (χ0n) is 11.8. The molecule has 1 saturated heterocycles. The summed E-state index contributed by atoms with van der Waals surface area (Å²) < 4.78 is 5.49. The number of hydrogen-bond donors (Lipinski definition) is 0. The predicted octanol–water partition coefficient (Wildman–Crippen LogP) is 3.47. The number of rotatable bonds is 3. The molecular weight excluding hydrogens is 248 g/mol. The Bertz CT molecular complexity index is 548. The van der Waals surface area contributed by atoms with Crippen molar-refractivity contribution in [3.05, 3.63) is 54.4 Å². The van der Waals surface area contributed by atoms with Crippen LogP contribution in [0.15, 0.2) is 48.8 Å². The Morgan fingerprint density at radius 2 is 1.75 bits per heavy atom. The third-order valence-electron chi connectivity index (χ3n) is 4.10. The predicted molar refractivity (Wildman–Crippen MR) is 81.4 cm³/mol. The first kappa shape index (κ1) is 13.0. The summed E-state index contributed by atoms with van der Waals surface area (Å²) in [6.07, 6.45) is 6.06. The van der Waals surface area contributed by atoms with Crippen LogP contribution < -0.4 is 9.64 Å². The first-order valence-electron chi connectivity index (χ1n) is 7.16. The highest BCUT2D eigenvalue weighted by molar-refractivity contribution is 5.46. The molecule has 2 heterocycles. The van der Waals surface area contributed by atoms with E-state index in [0.29, 0.717) is 5.92 Å². The molecule has 0 spiro atoms. The molecule has 0 N–H and O–H groups in total. The highest BCUT2D eigenvalue weighted by Crippen LogP contribution is 2.35. The second-order valence-electron chi connectivity index (χ2n) is 5.21. The molecule has 0 aliphatic carbocycles. The summed E-state index contributed by atoms with van der Waals surface area (Å²) in [6, 6.07) is 12.6. The number of ether oxygens (including phenoxy) is 1. The van der Waals surface area contributed by atoms with E-state index in [1.807, 2.05) is 18.5 Å². The maximum absolute atomic E-state index is 5.49. The largest absolute Gasteiger partial charge is 0.496 e. The molecule has 2 aromatic rings. The first-order valence-corrected chi connectivity index (χ1v) is 7.16. The average molecular weight is 268 g/mol. The summed E-state index contributed by atoms with van der Waals surface area (Å²) in [5.41, 5.74) is 2.63. The molecule has 0 saturated carbocycles. The second kappa shape index (κ2) is 5.95. The number of aromatic nitrogens is 1. The van der Waals surface area contributed by atoms with Crippen LogP contribution in [0.2, 0.25) is 0 Å². The van der Waals surface area contributed by atoms with Gasteiger partial charge >= 0.3 is 0 Å². The van der Waals surface area contributed by atoms with E-state index in [9.17, 15) is 0 Å². The molecular formula is C17H20N2O. The van der Waals surface area contributed by atoms with Crippen molar-refractivity contribution >= 4 is 5.69 Å². The molecule has 0 atom stereocenters. The van der Waals surface area contributed by atoms with Gasteiger partial charge in [0.2, 0.25) is 0 Å². The van der Waals surface area contributed by atoms with Gasteiger partial charge < -0.3 is 9.64 Å². The van der Waals surface area contributed by atoms with E-state index in [1.165, 1.54) is 24.1 Å². The number of anilines is 1. The Hall–Kier alpha value is -2.03. The summed E-state index contributed by atoms with van der Waals surface area (Å²) in [6.45, 7) is 2.18. The van der Waals surface area contributed by atoms with Crippen molar-refractivity contribution in [1.29, 1.82) is 0 Å². The lowest BCUT2D eigenvalue weighted by Gasteiger charge is -2.34. The first-order chi connectivity index (χ1) is 9.88. The van der Waals surface area contributed by atoms with Crippen molar-refractivity contribution in [2.24, 2.45) is 0 Å². The lowest BCUT2D eigenvalue weighted by molar-refractivity contribution is 0.397. The van der Waals surface area contributed by atoms with Crippen LogP contribution in [0, 0.1) is 0 Å². The van der Waals surface area contributed by atoms with Crippen LogP contribution in [0.1, 0.15) is 24.3 Å². The zero-order chi connectivity index (χ0) is 13.8. The van der Waals surface area contributed by atoms with Gasteiger partial charge in [-0.25, -0.2) is 0 Å². The van der Waals surface area contributed by atoms with Crippen molar-refractivity contribution in [3.63, 3.8) is 0 Å². The fraction of sp³-hybridized carbons (Fsp3) is 0.353. The average Bonchev–Trinajstić information content (AvgIpc) is 2.56. The summed E-state index contributed by atoms with van der Waals surface area (Å²) >= 11 is 0. The molecule has 0 radical (unpaired) electrons. The number of piperidine rings is 1. The number of methoxy groups -OCH3 is 1. The fourth-order valence-electron chi connectivity index (χ4n) is 3.01. The molecule has 3 heteroatoms. The number of nitrogens with zero attached hydrogens (tertiary/aromatic N) is 2. The van der Waals surface area contributed by atoms with Crippen molar-refractivity contribution < 1.29 is 4.74 Å². The Kier molecular flexibility index (Phi) is 3.86. The maximum Gasteiger partial charge on any atom is 0.122 e. The number of hydrogen-bond acceptors (Lipinski definition) is 3. The van der Waals surface area contributed by atoms with Crippen LogP contribution in [0.4, 0.5) is 5.69 Å². The Balaban J connectivity index is 1.70. The van der Waals surface area contributed by atoms with Crippen LogP contribution >= 0.6 is 0 Å². The fourth-order valence-corrected chi connectivity index (χ4v) is 3.01. The van der Waals surface area contributed by atoms with Crippen LogP contribution in [0.5, 0.6) is 5.75 Å². The molecule has 3 rings (SSSR count). The van der Waals surface area contributed by atoms with E-state index in [0.717, 1.165) is 18.8 Å². The van der Waals surface area contributed by atoms with Gasteiger partial charge in [0.05, 0.1) is 7.11 Å². The third-order valence-corrected chi connectivity index (χ3v) is 4.10. The van der Waals surface area contributed by atoms with Gasteiger partial charge in [-0.2, -0.15) is 0 Å². The Morgan fingerprint density at radius 3 is 2.45 bits per heavy atom. The van der Waals surface area contributed by atoms with Crippen molar-refractivity contribution in [1.82, 2.24) is 4.98 Å². The molecule has 3 nitrogen and oxygen atoms in total. The van der Waals surface area contributed by atoms with Gasteiger partial charge in [0.1, 0.15) is 5.75 Å². The standard InChI is InChI=1S/C17H20N2O/c1-20-17-5-3-2-4-16(17)14-8-12-19(13-9-14)15-6-10-18-11-7-15/h2-7,10-11,14H,8-9,12-13H2,1H3. The smallest absolute Gasteiger partial charge is 0.122 e. The molecule has 20 heavy (non-hydrogen) atoms. The summed E-state index contributed by atoms with van der Waals surface area (Å²) in [4.78, 5) is 6.52. The normalized spacial score (nSPS) is 16.1. The molecule has 1 aliphatic heterocycles. The number of pyridine rings is 1. The summed E-state index contributed by atoms with van der Waals surface area (Å²) in [5.74, 6) is 1.62. The monoisotopic (exact) mass is 268 g/mol. The SMILES string of the molecule is COc1ccccc1C1CCN(c2ccncc2)CC1. The van der Waals surface area contributed by atoms with E-state index >= 15 is 0 Å². The van der Waals surface area contributed by atoms with Crippen LogP contribution in [-0.4, -0.2) is 25.2 Å². The topological polar surface area (TPSA) is 25.4 Å². The Morgan fingerprint density at radius 1 is 1.05 bits per heavy atom. The molecule has 104 valence electrons. The summed E-state index contributed by atoms with van der Waals surface area (Å²) in [5, 5.41) is 0. The molecule has 1 aliphatic rings. The highest BCUT2D eigenvalue weighted by atomic mass is 16.5. The zero-order valence-corrected chi connectivity index (χ0v) is 11.8. The van der Waals surface area contributed by atoms with Crippen LogP contribution in [0.25, 0.3) is 0 Å². The minimum atomic E-state index is 0.601. The number of benzene rings is 1. The van der Waals surface area contributed by atoms with Gasteiger partial charge in [-0.15, -0.1) is 0 Å². The van der Waals surface area contributed by atoms with Gasteiger partial charge in [-0.05, 0) is 42.5 Å². The van der Waals surface area contributed by atoms with E-state index in [1.54, 1.807) is 7.11 Å². The molecule has 0 bridgehead atoms. The van der Waals surface area contributed by atoms with E-state index in [4.69, 9.17) is 4.74 Å². The van der Waals surface area contributed by atoms with E-state index in [2.05, 4.69) is 40.2 Å². The molecule has 0 amide bonds. The van der Waals surface area contributed by atoms with E-state index < -0.39 is 0 Å². The van der Waals surface area contributed by atoms with Gasteiger partial charge in [0.15, 0.2) is 0 Å². The van der Waals surface area contributed by atoms with Gasteiger partial charge in [0.25, 0.3) is 0 Å².